The van der Waals surface area contributed by atoms with Gasteiger partial charge in [0.05, 0.1) is 23.2 Å². The second-order valence-electron chi connectivity index (χ2n) is 4.61. The Morgan fingerprint density at radius 3 is 2.76 bits per heavy atom. The second kappa shape index (κ2) is 6.11. The van der Waals surface area contributed by atoms with Crippen LogP contribution in [-0.4, -0.2) is 30.1 Å². The number of hydrogen-bond acceptors (Lipinski definition) is 3. The number of halogens is 2. The lowest BCUT2D eigenvalue weighted by Gasteiger charge is -2.35. The molecule has 0 amide bonds. The zero-order valence-corrected chi connectivity index (χ0v) is 14.1. The molecule has 0 saturated carbocycles. The maximum atomic E-state index is 13.4. The molecule has 0 aliphatic carbocycles. The van der Waals surface area contributed by atoms with Crippen LogP contribution in [0.2, 0.25) is 0 Å². The highest BCUT2D eigenvalue weighted by Gasteiger charge is 2.33. The first-order valence-corrected chi connectivity index (χ1v) is 7.35. The van der Waals surface area contributed by atoms with Crippen LogP contribution in [0.3, 0.4) is 0 Å². The molecular formula is C14H14BrFN2O2S. The standard InChI is InChI=1S/C14H14BrFN2O2S/c1-7-11(13(19)20-3)12(17-14(21)18(7)2)8-4-5-10(16)9(15)6-8/h4-6,12H,1-3H3,(H,17,21). The molecule has 0 aromatic heterocycles. The third-order valence-corrected chi connectivity index (χ3v) is 4.44. The van der Waals surface area contributed by atoms with Gasteiger partial charge in [-0.15, -0.1) is 0 Å². The van der Waals surface area contributed by atoms with Crippen molar-refractivity contribution in [3.63, 3.8) is 0 Å². The smallest absolute Gasteiger partial charge is 0.337 e. The van der Waals surface area contributed by atoms with Gasteiger partial charge in [-0.1, -0.05) is 6.07 Å². The Labute approximate surface area is 136 Å². The van der Waals surface area contributed by atoms with E-state index < -0.39 is 12.0 Å². The lowest BCUT2D eigenvalue weighted by atomic mass is 9.95. The number of rotatable bonds is 2. The molecule has 0 radical (unpaired) electrons. The predicted octanol–water partition coefficient (Wildman–Crippen LogP) is 2.90. The first-order chi connectivity index (χ1) is 9.86. The van der Waals surface area contributed by atoms with Crippen LogP contribution in [0.1, 0.15) is 18.5 Å². The van der Waals surface area contributed by atoms with Gasteiger partial charge in [-0.3, -0.25) is 0 Å². The van der Waals surface area contributed by atoms with Gasteiger partial charge in [0, 0.05) is 12.7 Å². The van der Waals surface area contributed by atoms with Gasteiger partial charge in [0.2, 0.25) is 0 Å². The van der Waals surface area contributed by atoms with E-state index in [1.165, 1.54) is 13.2 Å². The van der Waals surface area contributed by atoms with Crippen LogP contribution >= 0.6 is 28.1 Å². The zero-order chi connectivity index (χ0) is 15.7. The summed E-state index contributed by atoms with van der Waals surface area (Å²) in [7, 11) is 3.09. The van der Waals surface area contributed by atoms with Gasteiger partial charge in [0.25, 0.3) is 0 Å². The van der Waals surface area contributed by atoms with Crippen molar-refractivity contribution in [2.75, 3.05) is 14.2 Å². The summed E-state index contributed by atoms with van der Waals surface area (Å²) in [6.07, 6.45) is 0. The number of nitrogens with zero attached hydrogens (tertiary/aromatic N) is 1. The Morgan fingerprint density at radius 1 is 1.52 bits per heavy atom. The van der Waals surface area contributed by atoms with Crippen LogP contribution in [0.4, 0.5) is 4.39 Å². The third-order valence-electron chi connectivity index (χ3n) is 3.44. The number of esters is 1. The first kappa shape index (κ1) is 15.9. The number of nitrogens with one attached hydrogen (secondary N) is 1. The summed E-state index contributed by atoms with van der Waals surface area (Å²) < 4.78 is 18.6. The van der Waals surface area contributed by atoms with E-state index in [1.807, 2.05) is 0 Å². The van der Waals surface area contributed by atoms with Crippen molar-refractivity contribution in [3.05, 3.63) is 45.3 Å². The van der Waals surface area contributed by atoms with Gasteiger partial charge in [-0.25, -0.2) is 9.18 Å². The van der Waals surface area contributed by atoms with Crippen molar-refractivity contribution in [3.8, 4) is 0 Å². The van der Waals surface area contributed by atoms with Crippen molar-refractivity contribution in [2.24, 2.45) is 0 Å². The molecule has 21 heavy (non-hydrogen) atoms. The van der Waals surface area contributed by atoms with E-state index in [2.05, 4.69) is 21.2 Å². The highest BCUT2D eigenvalue weighted by atomic mass is 79.9. The van der Waals surface area contributed by atoms with Gasteiger partial charge in [0.15, 0.2) is 5.11 Å². The number of allylic oxidation sites excluding steroid dienone is 1. The maximum absolute atomic E-state index is 13.4. The largest absolute Gasteiger partial charge is 0.466 e. The lowest BCUT2D eigenvalue weighted by molar-refractivity contribution is -0.136. The highest BCUT2D eigenvalue weighted by molar-refractivity contribution is 9.10. The Hall–Kier alpha value is -1.47. The Kier molecular flexibility index (Phi) is 4.63. The second-order valence-corrected chi connectivity index (χ2v) is 5.85. The summed E-state index contributed by atoms with van der Waals surface area (Å²) in [5, 5.41) is 3.57. The van der Waals surface area contributed by atoms with Crippen molar-refractivity contribution < 1.29 is 13.9 Å². The van der Waals surface area contributed by atoms with Gasteiger partial charge in [-0.05, 0) is 52.8 Å². The summed E-state index contributed by atoms with van der Waals surface area (Å²) in [6.45, 7) is 1.80. The normalized spacial score (nSPS) is 18.6. The first-order valence-electron chi connectivity index (χ1n) is 6.15. The molecule has 1 unspecified atom stereocenters. The molecule has 2 rings (SSSR count). The quantitative estimate of drug-likeness (QED) is 0.638. The number of methoxy groups -OCH3 is 1. The summed E-state index contributed by atoms with van der Waals surface area (Å²) in [5.74, 6) is -0.811. The molecule has 1 aromatic rings. The van der Waals surface area contributed by atoms with Crippen LogP contribution < -0.4 is 5.32 Å². The number of benzene rings is 1. The van der Waals surface area contributed by atoms with E-state index in [4.69, 9.17) is 17.0 Å². The van der Waals surface area contributed by atoms with Crippen LogP contribution in [0.25, 0.3) is 0 Å². The van der Waals surface area contributed by atoms with E-state index in [1.54, 1.807) is 31.0 Å². The van der Waals surface area contributed by atoms with E-state index in [0.717, 1.165) is 5.56 Å². The van der Waals surface area contributed by atoms with E-state index >= 15 is 0 Å². The van der Waals surface area contributed by atoms with Crippen LogP contribution in [0, 0.1) is 5.82 Å². The summed E-state index contributed by atoms with van der Waals surface area (Å²) in [4.78, 5) is 13.8. The topological polar surface area (TPSA) is 41.6 Å². The Morgan fingerprint density at radius 2 is 2.19 bits per heavy atom. The van der Waals surface area contributed by atoms with Crippen molar-refractivity contribution in [1.82, 2.24) is 10.2 Å². The fourth-order valence-electron chi connectivity index (χ4n) is 2.15. The molecule has 7 heteroatoms. The molecule has 112 valence electrons. The number of carbonyl (C=O) groups excluding carboxylic acids is 1. The molecule has 0 bridgehead atoms. The molecule has 1 N–H and O–H groups in total. The molecule has 1 aliphatic rings. The molecule has 1 aromatic carbocycles. The fourth-order valence-corrected chi connectivity index (χ4v) is 2.80. The van der Waals surface area contributed by atoms with Gasteiger partial charge in [-0.2, -0.15) is 0 Å². The number of carbonyl (C=O) groups is 1. The van der Waals surface area contributed by atoms with Crippen LogP contribution in [0.15, 0.2) is 33.9 Å². The SMILES string of the molecule is COC(=O)C1=C(C)N(C)C(=S)NC1c1ccc(F)c(Br)c1. The minimum Gasteiger partial charge on any atom is -0.466 e. The van der Waals surface area contributed by atoms with Crippen LogP contribution in [-0.2, 0) is 9.53 Å². The minimum atomic E-state index is -0.474. The molecule has 4 nitrogen and oxygen atoms in total. The minimum absolute atomic E-state index is 0.327. The van der Waals surface area contributed by atoms with Crippen molar-refractivity contribution in [1.29, 1.82) is 0 Å². The Bertz CT molecular complexity index is 648. The van der Waals surface area contributed by atoms with Crippen LogP contribution in [0.5, 0.6) is 0 Å². The zero-order valence-electron chi connectivity index (χ0n) is 11.7. The fraction of sp³-hybridized carbons (Fsp3) is 0.286. The van der Waals surface area contributed by atoms with E-state index in [9.17, 15) is 9.18 Å². The molecule has 1 atom stereocenters. The predicted molar refractivity (Wildman–Crippen MR) is 85.1 cm³/mol. The summed E-state index contributed by atoms with van der Waals surface area (Å²) >= 11 is 8.41. The average Bonchev–Trinajstić information content (AvgIpc) is 2.46. The molecule has 1 aliphatic heterocycles. The molecule has 0 spiro atoms. The van der Waals surface area contributed by atoms with Crippen molar-refractivity contribution >= 4 is 39.2 Å². The van der Waals surface area contributed by atoms with Gasteiger partial charge >= 0.3 is 5.97 Å². The number of ether oxygens (including phenoxy) is 1. The number of hydrogen-bond donors (Lipinski definition) is 1. The maximum Gasteiger partial charge on any atom is 0.337 e. The molecule has 0 fully saturated rings. The van der Waals surface area contributed by atoms with E-state index in [-0.39, 0.29) is 5.82 Å². The van der Waals surface area contributed by atoms with E-state index in [0.29, 0.717) is 20.9 Å². The summed E-state index contributed by atoms with van der Waals surface area (Å²) in [6, 6.07) is 4.10. The average molecular weight is 373 g/mol. The lowest BCUT2D eigenvalue weighted by Crippen LogP contribution is -2.46. The molecular weight excluding hydrogens is 359 g/mol. The third kappa shape index (κ3) is 2.94. The Balaban J connectivity index is 2.56. The van der Waals surface area contributed by atoms with Gasteiger partial charge < -0.3 is 15.0 Å². The number of thiocarbonyl (C=S) groups is 1. The molecule has 0 saturated heterocycles. The summed E-state index contributed by atoms with van der Waals surface area (Å²) in [5.41, 5.74) is 1.88. The highest BCUT2D eigenvalue weighted by Crippen LogP contribution is 2.32. The van der Waals surface area contributed by atoms with Gasteiger partial charge in [0.1, 0.15) is 5.82 Å². The van der Waals surface area contributed by atoms with Crippen molar-refractivity contribution in [2.45, 2.75) is 13.0 Å². The monoisotopic (exact) mass is 372 g/mol. The molecule has 1 heterocycles.